The number of carbonyl (C=O) groups excluding carboxylic acids is 1. The number of Topliss-reactive ketones (excluding diaryl/α,β-unsaturated/α-hetero) is 1. The van der Waals surface area contributed by atoms with E-state index in [0.717, 1.165) is 30.8 Å². The molecule has 0 saturated heterocycles. The van der Waals surface area contributed by atoms with Crippen LogP contribution in [-0.2, 0) is 16.1 Å². The van der Waals surface area contributed by atoms with Crippen molar-refractivity contribution in [3.05, 3.63) is 40.2 Å². The third kappa shape index (κ3) is 2.52. The predicted molar refractivity (Wildman–Crippen MR) is 83.8 cm³/mol. The van der Waals surface area contributed by atoms with E-state index >= 15 is 0 Å². The highest BCUT2D eigenvalue weighted by atomic mass is 16.5. The number of hydrogen-bond acceptors (Lipinski definition) is 5. The summed E-state index contributed by atoms with van der Waals surface area (Å²) in [5.74, 6) is 0.292. The molecule has 0 spiro atoms. The summed E-state index contributed by atoms with van der Waals surface area (Å²) in [7, 11) is 0. The van der Waals surface area contributed by atoms with Crippen LogP contribution in [0.4, 0.5) is 0 Å². The van der Waals surface area contributed by atoms with Gasteiger partial charge in [-0.3, -0.25) is 9.48 Å². The molecule has 0 fully saturated rings. The molecule has 120 valence electrons. The third-order valence-electron chi connectivity index (χ3n) is 4.27. The van der Waals surface area contributed by atoms with Gasteiger partial charge in [0.1, 0.15) is 17.4 Å². The number of hydrogen-bond donors (Lipinski definition) is 1. The van der Waals surface area contributed by atoms with Crippen LogP contribution in [0.1, 0.15) is 49.9 Å². The van der Waals surface area contributed by atoms with E-state index in [1.54, 1.807) is 0 Å². The Kier molecular flexibility index (Phi) is 3.95. The van der Waals surface area contributed by atoms with Gasteiger partial charge in [0.25, 0.3) is 0 Å². The molecule has 1 aromatic rings. The van der Waals surface area contributed by atoms with Gasteiger partial charge in [-0.2, -0.15) is 10.4 Å². The number of nitrogens with zero attached hydrogens (tertiary/aromatic N) is 3. The molecule has 0 unspecified atom stereocenters. The van der Waals surface area contributed by atoms with Crippen LogP contribution >= 0.6 is 0 Å². The standard InChI is InChI=1S/C17H20N4O2/c1-3-7-21-12(8-10(2)20-21)15-11(9-18)17(19)23-14-6-4-5-13(22)16(14)15/h8,15H,3-7,19H2,1-2H3/t15-/m0/s1. The average molecular weight is 312 g/mol. The lowest BCUT2D eigenvalue weighted by Crippen LogP contribution is -2.28. The lowest BCUT2D eigenvalue weighted by Gasteiger charge is -2.30. The smallest absolute Gasteiger partial charge is 0.205 e. The summed E-state index contributed by atoms with van der Waals surface area (Å²) in [4.78, 5) is 12.5. The Hall–Kier alpha value is -2.55. The van der Waals surface area contributed by atoms with E-state index in [0.29, 0.717) is 29.7 Å². The Morgan fingerprint density at radius 1 is 1.52 bits per heavy atom. The first-order valence-electron chi connectivity index (χ1n) is 7.95. The van der Waals surface area contributed by atoms with Gasteiger partial charge in [0.2, 0.25) is 5.88 Å². The molecule has 0 saturated carbocycles. The summed E-state index contributed by atoms with van der Waals surface area (Å²) in [6.07, 6.45) is 2.83. The van der Waals surface area contributed by atoms with Crippen molar-refractivity contribution in [2.45, 2.75) is 52.0 Å². The van der Waals surface area contributed by atoms with Gasteiger partial charge in [-0.15, -0.1) is 0 Å². The van der Waals surface area contributed by atoms with Crippen molar-refractivity contribution >= 4 is 5.78 Å². The quantitative estimate of drug-likeness (QED) is 0.925. The highest BCUT2D eigenvalue weighted by molar-refractivity contribution is 5.99. The second kappa shape index (κ2) is 5.92. The minimum atomic E-state index is -0.468. The van der Waals surface area contributed by atoms with Gasteiger partial charge in [-0.05, 0) is 25.8 Å². The number of aromatic nitrogens is 2. The Balaban J connectivity index is 2.19. The molecule has 0 bridgehead atoms. The van der Waals surface area contributed by atoms with Crippen LogP contribution in [0.2, 0.25) is 0 Å². The molecule has 2 aliphatic rings. The second-order valence-electron chi connectivity index (χ2n) is 5.97. The number of carbonyl (C=O) groups is 1. The highest BCUT2D eigenvalue weighted by Gasteiger charge is 2.39. The van der Waals surface area contributed by atoms with Gasteiger partial charge in [-0.1, -0.05) is 6.92 Å². The fourth-order valence-corrected chi connectivity index (χ4v) is 3.34. The molecule has 0 aromatic carbocycles. The maximum absolute atomic E-state index is 12.5. The average Bonchev–Trinajstić information content (AvgIpc) is 2.87. The number of rotatable bonds is 3. The fourth-order valence-electron chi connectivity index (χ4n) is 3.34. The number of allylic oxidation sites excluding steroid dienone is 3. The third-order valence-corrected chi connectivity index (χ3v) is 4.27. The second-order valence-corrected chi connectivity index (χ2v) is 5.97. The van der Waals surface area contributed by atoms with Crippen LogP contribution in [0.25, 0.3) is 0 Å². The first-order valence-corrected chi connectivity index (χ1v) is 7.95. The molecule has 1 aromatic heterocycles. The van der Waals surface area contributed by atoms with Crippen molar-refractivity contribution in [3.63, 3.8) is 0 Å². The zero-order chi connectivity index (χ0) is 16.6. The van der Waals surface area contributed by atoms with Gasteiger partial charge < -0.3 is 10.5 Å². The number of nitriles is 1. The van der Waals surface area contributed by atoms with Crippen LogP contribution in [0.15, 0.2) is 28.9 Å². The molecular formula is C17H20N4O2. The molecule has 2 heterocycles. The normalized spacial score (nSPS) is 21.1. The lowest BCUT2D eigenvalue weighted by atomic mass is 9.79. The molecule has 1 aliphatic carbocycles. The number of aryl methyl sites for hydroxylation is 2. The minimum Gasteiger partial charge on any atom is -0.444 e. The Morgan fingerprint density at radius 2 is 2.30 bits per heavy atom. The molecule has 1 aliphatic heterocycles. The summed E-state index contributed by atoms with van der Waals surface area (Å²) in [5, 5.41) is 14.1. The summed E-state index contributed by atoms with van der Waals surface area (Å²) in [6.45, 7) is 4.71. The Bertz CT molecular complexity index is 764. The van der Waals surface area contributed by atoms with E-state index in [-0.39, 0.29) is 11.7 Å². The fraction of sp³-hybridized carbons (Fsp3) is 0.471. The van der Waals surface area contributed by atoms with Crippen molar-refractivity contribution in [1.29, 1.82) is 5.26 Å². The van der Waals surface area contributed by atoms with Crippen LogP contribution in [-0.4, -0.2) is 15.6 Å². The first-order chi connectivity index (χ1) is 11.1. The predicted octanol–water partition coefficient (Wildman–Crippen LogP) is 2.42. The topological polar surface area (TPSA) is 93.9 Å². The number of ketones is 1. The maximum Gasteiger partial charge on any atom is 0.205 e. The summed E-state index contributed by atoms with van der Waals surface area (Å²) >= 11 is 0. The van der Waals surface area contributed by atoms with Crippen LogP contribution in [0.3, 0.4) is 0 Å². The zero-order valence-electron chi connectivity index (χ0n) is 13.4. The molecule has 6 nitrogen and oxygen atoms in total. The lowest BCUT2D eigenvalue weighted by molar-refractivity contribution is -0.116. The van der Waals surface area contributed by atoms with E-state index in [9.17, 15) is 10.1 Å². The first kappa shape index (κ1) is 15.3. The minimum absolute atomic E-state index is 0.0402. The maximum atomic E-state index is 12.5. The Morgan fingerprint density at radius 3 is 3.00 bits per heavy atom. The summed E-state index contributed by atoms with van der Waals surface area (Å²) in [6, 6.07) is 4.07. The van der Waals surface area contributed by atoms with Gasteiger partial charge in [-0.25, -0.2) is 0 Å². The van der Waals surface area contributed by atoms with E-state index in [4.69, 9.17) is 10.5 Å². The number of ether oxygens (including phenoxy) is 1. The molecule has 1 atom stereocenters. The van der Waals surface area contributed by atoms with Crippen molar-refractivity contribution < 1.29 is 9.53 Å². The van der Waals surface area contributed by atoms with Gasteiger partial charge in [0, 0.05) is 25.0 Å². The molecule has 6 heteroatoms. The summed E-state index contributed by atoms with van der Waals surface area (Å²) < 4.78 is 7.46. The molecular weight excluding hydrogens is 292 g/mol. The molecule has 3 rings (SSSR count). The van der Waals surface area contributed by atoms with E-state index < -0.39 is 5.92 Å². The molecule has 23 heavy (non-hydrogen) atoms. The van der Waals surface area contributed by atoms with Gasteiger partial charge >= 0.3 is 0 Å². The van der Waals surface area contributed by atoms with Crippen molar-refractivity contribution in [2.24, 2.45) is 5.73 Å². The van der Waals surface area contributed by atoms with Crippen molar-refractivity contribution in [1.82, 2.24) is 9.78 Å². The number of nitrogens with two attached hydrogens (primary N) is 1. The van der Waals surface area contributed by atoms with Crippen LogP contribution < -0.4 is 5.73 Å². The molecule has 2 N–H and O–H groups in total. The summed E-state index contributed by atoms with van der Waals surface area (Å²) in [5.41, 5.74) is 8.55. The van der Waals surface area contributed by atoms with Crippen molar-refractivity contribution in [3.8, 4) is 6.07 Å². The largest absolute Gasteiger partial charge is 0.444 e. The van der Waals surface area contributed by atoms with E-state index in [2.05, 4.69) is 18.1 Å². The van der Waals surface area contributed by atoms with Crippen LogP contribution in [0, 0.1) is 18.3 Å². The highest BCUT2D eigenvalue weighted by Crippen LogP contribution is 2.43. The van der Waals surface area contributed by atoms with E-state index in [1.165, 1.54) is 0 Å². The van der Waals surface area contributed by atoms with E-state index in [1.807, 2.05) is 17.7 Å². The molecule has 0 radical (unpaired) electrons. The van der Waals surface area contributed by atoms with Crippen molar-refractivity contribution in [2.75, 3.05) is 0 Å². The van der Waals surface area contributed by atoms with Crippen LogP contribution in [0.5, 0.6) is 0 Å². The SMILES string of the molecule is CCCn1nc(C)cc1[C@@H]1C(C#N)=C(N)OC2=C1C(=O)CCC2. The van der Waals surface area contributed by atoms with Gasteiger partial charge in [0.05, 0.1) is 17.3 Å². The monoisotopic (exact) mass is 312 g/mol. The zero-order valence-corrected chi connectivity index (χ0v) is 13.4. The van der Waals surface area contributed by atoms with Gasteiger partial charge in [0.15, 0.2) is 5.78 Å². The Labute approximate surface area is 135 Å². The molecule has 0 amide bonds.